The lowest BCUT2D eigenvalue weighted by molar-refractivity contribution is 0.0845. The molecule has 2 aromatic rings. The zero-order valence-electron chi connectivity index (χ0n) is 10.1. The van der Waals surface area contributed by atoms with Gasteiger partial charge in [-0.1, -0.05) is 30.3 Å². The van der Waals surface area contributed by atoms with Gasteiger partial charge in [0, 0.05) is 0 Å². The van der Waals surface area contributed by atoms with E-state index in [2.05, 4.69) is 15.3 Å². The summed E-state index contributed by atoms with van der Waals surface area (Å²) in [7, 11) is 0. The summed E-state index contributed by atoms with van der Waals surface area (Å²) in [4.78, 5) is 18.5. The highest BCUT2D eigenvalue weighted by atomic mass is 16.3. The van der Waals surface area contributed by atoms with Gasteiger partial charge in [-0.15, -0.1) is 0 Å². The third-order valence-corrected chi connectivity index (χ3v) is 2.86. The Morgan fingerprint density at radius 2 is 2.17 bits per heavy atom. The largest absolute Gasteiger partial charge is 0.394 e. The van der Waals surface area contributed by atoms with E-state index < -0.39 is 5.54 Å². The van der Waals surface area contributed by atoms with E-state index >= 15 is 0 Å². The standard InChI is InChI=1S/C13H15N3O2/c1-13(8-17,10-5-3-2-4-6-10)16-12(18)11-7-14-9-15-11/h2-7,9,17H,8H2,1H3,(H,14,15)(H,16,18). The van der Waals surface area contributed by atoms with Gasteiger partial charge in [-0.25, -0.2) is 4.98 Å². The van der Waals surface area contributed by atoms with Gasteiger partial charge >= 0.3 is 0 Å². The van der Waals surface area contributed by atoms with Crippen molar-refractivity contribution in [3.8, 4) is 0 Å². The predicted molar refractivity (Wildman–Crippen MR) is 66.9 cm³/mol. The van der Waals surface area contributed by atoms with Crippen LogP contribution in [0.3, 0.4) is 0 Å². The molecule has 1 aromatic carbocycles. The molecular weight excluding hydrogens is 230 g/mol. The first-order chi connectivity index (χ1) is 8.65. The highest BCUT2D eigenvalue weighted by Gasteiger charge is 2.28. The van der Waals surface area contributed by atoms with Crippen molar-refractivity contribution in [2.75, 3.05) is 6.61 Å². The first kappa shape index (κ1) is 12.3. The van der Waals surface area contributed by atoms with Crippen molar-refractivity contribution in [3.05, 3.63) is 54.1 Å². The third kappa shape index (κ3) is 2.41. The number of carbonyl (C=O) groups excluding carboxylic acids is 1. The van der Waals surface area contributed by atoms with E-state index in [0.29, 0.717) is 5.69 Å². The van der Waals surface area contributed by atoms with Crippen LogP contribution >= 0.6 is 0 Å². The van der Waals surface area contributed by atoms with E-state index in [-0.39, 0.29) is 12.5 Å². The second-order valence-electron chi connectivity index (χ2n) is 4.28. The molecule has 1 atom stereocenters. The van der Waals surface area contributed by atoms with Crippen LogP contribution in [0.5, 0.6) is 0 Å². The molecule has 0 saturated heterocycles. The quantitative estimate of drug-likeness (QED) is 0.753. The number of carbonyl (C=O) groups is 1. The fourth-order valence-corrected chi connectivity index (χ4v) is 1.71. The van der Waals surface area contributed by atoms with Gasteiger partial charge in [-0.3, -0.25) is 4.79 Å². The lowest BCUT2D eigenvalue weighted by Gasteiger charge is -2.29. The van der Waals surface area contributed by atoms with Crippen LogP contribution in [-0.2, 0) is 5.54 Å². The number of H-pyrrole nitrogens is 1. The minimum atomic E-state index is -0.816. The topological polar surface area (TPSA) is 78.0 Å². The van der Waals surface area contributed by atoms with Crippen molar-refractivity contribution in [2.45, 2.75) is 12.5 Å². The second kappa shape index (κ2) is 5.01. The average molecular weight is 245 g/mol. The lowest BCUT2D eigenvalue weighted by atomic mass is 9.93. The molecule has 5 nitrogen and oxygen atoms in total. The first-order valence-corrected chi connectivity index (χ1v) is 5.63. The summed E-state index contributed by atoms with van der Waals surface area (Å²) in [5.74, 6) is -0.298. The maximum atomic E-state index is 12.0. The van der Waals surface area contributed by atoms with Gasteiger partial charge in [0.05, 0.1) is 24.7 Å². The average Bonchev–Trinajstić information content (AvgIpc) is 2.93. The van der Waals surface area contributed by atoms with Gasteiger partial charge < -0.3 is 15.4 Å². The number of aromatic nitrogens is 2. The van der Waals surface area contributed by atoms with Gasteiger partial charge in [0.25, 0.3) is 5.91 Å². The third-order valence-electron chi connectivity index (χ3n) is 2.86. The van der Waals surface area contributed by atoms with Crippen molar-refractivity contribution >= 4 is 5.91 Å². The Hall–Kier alpha value is -2.14. The molecule has 3 N–H and O–H groups in total. The smallest absolute Gasteiger partial charge is 0.270 e. The maximum Gasteiger partial charge on any atom is 0.270 e. The Balaban J connectivity index is 2.21. The van der Waals surface area contributed by atoms with Gasteiger partial charge in [-0.2, -0.15) is 0 Å². The van der Waals surface area contributed by atoms with Gasteiger partial charge in [-0.05, 0) is 12.5 Å². The fraction of sp³-hybridized carbons (Fsp3) is 0.231. The minimum Gasteiger partial charge on any atom is -0.394 e. The Labute approximate surface area is 105 Å². The van der Waals surface area contributed by atoms with Crippen LogP contribution in [0.25, 0.3) is 0 Å². The van der Waals surface area contributed by atoms with Gasteiger partial charge in [0.2, 0.25) is 0 Å². The number of aliphatic hydroxyl groups excluding tert-OH is 1. The summed E-state index contributed by atoms with van der Waals surface area (Å²) < 4.78 is 0. The molecule has 0 aliphatic carbocycles. The lowest BCUT2D eigenvalue weighted by Crippen LogP contribution is -2.46. The number of hydrogen-bond acceptors (Lipinski definition) is 3. The molecule has 1 unspecified atom stereocenters. The second-order valence-corrected chi connectivity index (χ2v) is 4.28. The van der Waals surface area contributed by atoms with Crippen LogP contribution in [0.2, 0.25) is 0 Å². The summed E-state index contributed by atoms with van der Waals surface area (Å²) in [5, 5.41) is 12.3. The number of aliphatic hydroxyl groups is 1. The first-order valence-electron chi connectivity index (χ1n) is 5.63. The molecule has 1 aromatic heterocycles. The molecule has 5 heteroatoms. The van der Waals surface area contributed by atoms with E-state index in [0.717, 1.165) is 5.56 Å². The van der Waals surface area contributed by atoms with Crippen LogP contribution in [0.1, 0.15) is 23.0 Å². The predicted octanol–water partition coefficient (Wildman–Crippen LogP) is 1.05. The molecule has 0 bridgehead atoms. The summed E-state index contributed by atoms with van der Waals surface area (Å²) in [6.45, 7) is 1.59. The molecule has 1 heterocycles. The van der Waals surface area contributed by atoms with E-state index in [1.807, 2.05) is 30.3 Å². The molecule has 0 aliphatic rings. The van der Waals surface area contributed by atoms with Gasteiger partial charge in [0.1, 0.15) is 5.69 Å². The number of rotatable bonds is 4. The monoisotopic (exact) mass is 245 g/mol. The number of nitrogens with zero attached hydrogens (tertiary/aromatic N) is 1. The zero-order chi connectivity index (χ0) is 13.0. The van der Waals surface area contributed by atoms with Crippen LogP contribution < -0.4 is 5.32 Å². The number of amides is 1. The summed E-state index contributed by atoms with van der Waals surface area (Å²) in [5.41, 5.74) is 0.398. The Morgan fingerprint density at radius 1 is 1.44 bits per heavy atom. The molecule has 94 valence electrons. The highest BCUT2D eigenvalue weighted by molar-refractivity contribution is 5.92. The van der Waals surface area contributed by atoms with E-state index in [1.54, 1.807) is 6.92 Å². The fourth-order valence-electron chi connectivity index (χ4n) is 1.71. The number of nitrogens with one attached hydrogen (secondary N) is 2. The summed E-state index contributed by atoms with van der Waals surface area (Å²) >= 11 is 0. The minimum absolute atomic E-state index is 0.184. The van der Waals surface area contributed by atoms with Gasteiger partial charge in [0.15, 0.2) is 0 Å². The SMILES string of the molecule is CC(CO)(NC(=O)c1cnc[nH]1)c1ccccc1. The van der Waals surface area contributed by atoms with Crippen LogP contribution in [0.4, 0.5) is 0 Å². The highest BCUT2D eigenvalue weighted by Crippen LogP contribution is 2.20. The Bertz CT molecular complexity index is 510. The molecule has 0 fully saturated rings. The molecule has 18 heavy (non-hydrogen) atoms. The van der Waals surface area contributed by atoms with Crippen molar-refractivity contribution in [3.63, 3.8) is 0 Å². The molecule has 2 rings (SSSR count). The summed E-state index contributed by atoms with van der Waals surface area (Å²) in [6.07, 6.45) is 2.88. The number of hydrogen-bond donors (Lipinski definition) is 3. The Kier molecular flexibility index (Phi) is 3.43. The van der Waals surface area contributed by atoms with Crippen molar-refractivity contribution in [1.29, 1.82) is 0 Å². The summed E-state index contributed by atoms with van der Waals surface area (Å²) in [6, 6.07) is 9.35. The van der Waals surface area contributed by atoms with E-state index in [4.69, 9.17) is 0 Å². The molecule has 0 saturated carbocycles. The molecule has 1 amide bonds. The van der Waals surface area contributed by atoms with Crippen LogP contribution in [-0.4, -0.2) is 27.6 Å². The molecular formula is C13H15N3O2. The molecule has 0 radical (unpaired) electrons. The van der Waals surface area contributed by atoms with Crippen molar-refractivity contribution < 1.29 is 9.90 Å². The van der Waals surface area contributed by atoms with Crippen molar-refractivity contribution in [2.24, 2.45) is 0 Å². The van der Waals surface area contributed by atoms with E-state index in [1.165, 1.54) is 12.5 Å². The van der Waals surface area contributed by atoms with Crippen molar-refractivity contribution in [1.82, 2.24) is 15.3 Å². The normalized spacial score (nSPS) is 13.9. The van der Waals surface area contributed by atoms with Crippen LogP contribution in [0, 0.1) is 0 Å². The Morgan fingerprint density at radius 3 is 2.72 bits per heavy atom. The number of benzene rings is 1. The molecule has 0 aliphatic heterocycles. The number of imidazole rings is 1. The van der Waals surface area contributed by atoms with Crippen LogP contribution in [0.15, 0.2) is 42.9 Å². The van der Waals surface area contributed by atoms with E-state index in [9.17, 15) is 9.90 Å². The number of aromatic amines is 1. The maximum absolute atomic E-state index is 12.0. The molecule has 0 spiro atoms. The zero-order valence-corrected chi connectivity index (χ0v) is 10.1.